The third-order valence-corrected chi connectivity index (χ3v) is 2.73. The highest BCUT2D eigenvalue weighted by molar-refractivity contribution is 5.80. The highest BCUT2D eigenvalue weighted by Crippen LogP contribution is 2.22. The van der Waals surface area contributed by atoms with E-state index in [1.165, 1.54) is 12.0 Å². The number of likely N-dealkylation sites (N-methyl/N-ethyl adjacent to an activating group) is 1. The SMILES string of the molecule is COc1ccc(OCCN(C)C(=O)OC(C)(C)C)cc1C=O. The Morgan fingerprint density at radius 2 is 2.00 bits per heavy atom. The van der Waals surface area contributed by atoms with Crippen molar-refractivity contribution in [2.45, 2.75) is 26.4 Å². The Hall–Kier alpha value is -2.24. The van der Waals surface area contributed by atoms with Gasteiger partial charge in [-0.1, -0.05) is 0 Å². The van der Waals surface area contributed by atoms with Crippen molar-refractivity contribution in [1.82, 2.24) is 4.90 Å². The Bertz CT molecular complexity index is 522. The molecule has 0 saturated heterocycles. The molecule has 0 spiro atoms. The van der Waals surface area contributed by atoms with Crippen LogP contribution in [0.25, 0.3) is 0 Å². The van der Waals surface area contributed by atoms with Gasteiger partial charge < -0.3 is 19.1 Å². The maximum atomic E-state index is 11.8. The Morgan fingerprint density at radius 3 is 2.55 bits per heavy atom. The van der Waals surface area contributed by atoms with Crippen molar-refractivity contribution in [3.63, 3.8) is 0 Å². The summed E-state index contributed by atoms with van der Waals surface area (Å²) in [6.07, 6.45) is 0.304. The van der Waals surface area contributed by atoms with E-state index in [4.69, 9.17) is 14.2 Å². The third kappa shape index (κ3) is 5.63. The van der Waals surface area contributed by atoms with Gasteiger partial charge in [-0.3, -0.25) is 4.79 Å². The molecular formula is C16H23NO5. The smallest absolute Gasteiger partial charge is 0.410 e. The van der Waals surface area contributed by atoms with Gasteiger partial charge in [-0.05, 0) is 39.0 Å². The van der Waals surface area contributed by atoms with E-state index in [0.29, 0.717) is 36.5 Å². The predicted octanol–water partition coefficient (Wildman–Crippen LogP) is 2.75. The molecule has 1 aromatic rings. The molecule has 22 heavy (non-hydrogen) atoms. The zero-order valence-electron chi connectivity index (χ0n) is 13.7. The summed E-state index contributed by atoms with van der Waals surface area (Å²) in [6, 6.07) is 4.97. The van der Waals surface area contributed by atoms with Crippen LogP contribution in [0.5, 0.6) is 11.5 Å². The number of hydrogen-bond acceptors (Lipinski definition) is 5. The molecule has 0 N–H and O–H groups in total. The zero-order chi connectivity index (χ0) is 16.8. The zero-order valence-corrected chi connectivity index (χ0v) is 13.7. The van der Waals surface area contributed by atoms with Crippen LogP contribution in [0, 0.1) is 0 Å². The number of methoxy groups -OCH3 is 1. The lowest BCUT2D eigenvalue weighted by Crippen LogP contribution is -2.36. The second-order valence-corrected chi connectivity index (χ2v) is 5.77. The Labute approximate surface area is 131 Å². The molecule has 0 aliphatic carbocycles. The first-order valence-corrected chi connectivity index (χ1v) is 6.97. The van der Waals surface area contributed by atoms with Crippen LogP contribution in [0.1, 0.15) is 31.1 Å². The average Bonchev–Trinajstić information content (AvgIpc) is 2.45. The molecular weight excluding hydrogens is 286 g/mol. The molecule has 0 saturated carbocycles. The van der Waals surface area contributed by atoms with Gasteiger partial charge in [0.25, 0.3) is 0 Å². The summed E-state index contributed by atoms with van der Waals surface area (Å²) in [5.74, 6) is 1.04. The molecule has 6 nitrogen and oxygen atoms in total. The van der Waals surface area contributed by atoms with Crippen LogP contribution in [-0.4, -0.2) is 50.2 Å². The van der Waals surface area contributed by atoms with Crippen molar-refractivity contribution in [3.8, 4) is 11.5 Å². The van der Waals surface area contributed by atoms with Crippen molar-refractivity contribution in [2.24, 2.45) is 0 Å². The Morgan fingerprint density at radius 1 is 1.32 bits per heavy atom. The standard InChI is InChI=1S/C16H23NO5/c1-16(2,3)22-15(19)17(4)8-9-21-13-6-7-14(20-5)12(10-13)11-18/h6-7,10-11H,8-9H2,1-5H3. The number of ether oxygens (including phenoxy) is 3. The van der Waals surface area contributed by atoms with Gasteiger partial charge in [0.1, 0.15) is 23.7 Å². The Kier molecular flexibility index (Phi) is 6.22. The molecule has 0 aromatic heterocycles. The van der Waals surface area contributed by atoms with Gasteiger partial charge in [0.05, 0.1) is 19.2 Å². The monoisotopic (exact) mass is 309 g/mol. The lowest BCUT2D eigenvalue weighted by molar-refractivity contribution is 0.0278. The molecule has 0 radical (unpaired) electrons. The van der Waals surface area contributed by atoms with Crippen molar-refractivity contribution < 1.29 is 23.8 Å². The molecule has 1 rings (SSSR count). The third-order valence-electron chi connectivity index (χ3n) is 2.73. The van der Waals surface area contributed by atoms with Gasteiger partial charge in [-0.15, -0.1) is 0 Å². The first-order valence-electron chi connectivity index (χ1n) is 6.97. The molecule has 0 fully saturated rings. The fourth-order valence-corrected chi connectivity index (χ4v) is 1.63. The lowest BCUT2D eigenvalue weighted by Gasteiger charge is -2.24. The molecule has 0 atom stereocenters. The number of aldehydes is 1. The van der Waals surface area contributed by atoms with Crippen LogP contribution >= 0.6 is 0 Å². The van der Waals surface area contributed by atoms with Gasteiger partial charge >= 0.3 is 6.09 Å². The fourth-order valence-electron chi connectivity index (χ4n) is 1.63. The van der Waals surface area contributed by atoms with E-state index in [0.717, 1.165) is 0 Å². The predicted molar refractivity (Wildman–Crippen MR) is 82.7 cm³/mol. The molecule has 6 heteroatoms. The summed E-state index contributed by atoms with van der Waals surface area (Å²) in [7, 11) is 3.14. The van der Waals surface area contributed by atoms with E-state index in [2.05, 4.69) is 0 Å². The number of carbonyl (C=O) groups excluding carboxylic acids is 2. The summed E-state index contributed by atoms with van der Waals surface area (Å²) in [6.45, 7) is 6.10. The van der Waals surface area contributed by atoms with E-state index in [9.17, 15) is 9.59 Å². The van der Waals surface area contributed by atoms with Crippen LogP contribution in [0.2, 0.25) is 0 Å². The van der Waals surface area contributed by atoms with Gasteiger partial charge in [0.2, 0.25) is 0 Å². The van der Waals surface area contributed by atoms with E-state index in [-0.39, 0.29) is 0 Å². The summed E-state index contributed by atoms with van der Waals surface area (Å²) in [4.78, 5) is 24.1. The minimum Gasteiger partial charge on any atom is -0.496 e. The summed E-state index contributed by atoms with van der Waals surface area (Å²) in [5, 5.41) is 0. The molecule has 0 heterocycles. The summed E-state index contributed by atoms with van der Waals surface area (Å²) < 4.78 is 15.8. The highest BCUT2D eigenvalue weighted by Gasteiger charge is 2.19. The molecule has 122 valence electrons. The molecule has 1 aromatic carbocycles. The number of nitrogens with zero attached hydrogens (tertiary/aromatic N) is 1. The van der Waals surface area contributed by atoms with Crippen LogP contribution in [-0.2, 0) is 4.74 Å². The second kappa shape index (κ2) is 7.68. The van der Waals surface area contributed by atoms with Gasteiger partial charge in [0, 0.05) is 7.05 Å². The van der Waals surface area contributed by atoms with Crippen molar-refractivity contribution >= 4 is 12.4 Å². The van der Waals surface area contributed by atoms with Crippen LogP contribution in [0.15, 0.2) is 18.2 Å². The largest absolute Gasteiger partial charge is 0.496 e. The van der Waals surface area contributed by atoms with Gasteiger partial charge in [-0.2, -0.15) is 0 Å². The summed E-state index contributed by atoms with van der Waals surface area (Å²) in [5.41, 5.74) is -0.110. The summed E-state index contributed by atoms with van der Waals surface area (Å²) >= 11 is 0. The maximum Gasteiger partial charge on any atom is 0.410 e. The van der Waals surface area contributed by atoms with Gasteiger partial charge in [0.15, 0.2) is 6.29 Å². The number of hydrogen-bond donors (Lipinski definition) is 0. The minimum absolute atomic E-state index is 0.292. The highest BCUT2D eigenvalue weighted by atomic mass is 16.6. The second-order valence-electron chi connectivity index (χ2n) is 5.77. The van der Waals surface area contributed by atoms with Crippen LogP contribution in [0.3, 0.4) is 0 Å². The molecule has 0 unspecified atom stereocenters. The topological polar surface area (TPSA) is 65.1 Å². The van der Waals surface area contributed by atoms with E-state index in [1.807, 2.05) is 20.8 Å². The fraction of sp³-hybridized carbons (Fsp3) is 0.500. The van der Waals surface area contributed by atoms with Crippen LogP contribution < -0.4 is 9.47 Å². The molecule has 1 amide bonds. The van der Waals surface area contributed by atoms with Gasteiger partial charge in [-0.25, -0.2) is 4.79 Å². The lowest BCUT2D eigenvalue weighted by atomic mass is 10.2. The Balaban J connectivity index is 2.50. The van der Waals surface area contributed by atoms with Crippen molar-refractivity contribution in [1.29, 1.82) is 0 Å². The number of amides is 1. The molecule has 0 aliphatic rings. The molecule has 0 bridgehead atoms. The van der Waals surface area contributed by atoms with E-state index >= 15 is 0 Å². The maximum absolute atomic E-state index is 11.8. The van der Waals surface area contributed by atoms with E-state index < -0.39 is 11.7 Å². The van der Waals surface area contributed by atoms with Crippen LogP contribution in [0.4, 0.5) is 4.79 Å². The number of carbonyl (C=O) groups is 2. The average molecular weight is 309 g/mol. The first-order chi connectivity index (χ1) is 10.3. The molecule has 0 aliphatic heterocycles. The normalized spacial score (nSPS) is 10.8. The van der Waals surface area contributed by atoms with Crippen molar-refractivity contribution in [2.75, 3.05) is 27.3 Å². The number of benzene rings is 1. The first kappa shape index (κ1) is 17.8. The quantitative estimate of drug-likeness (QED) is 0.756. The number of rotatable bonds is 6. The minimum atomic E-state index is -0.527. The van der Waals surface area contributed by atoms with Crippen molar-refractivity contribution in [3.05, 3.63) is 23.8 Å². The van der Waals surface area contributed by atoms with E-state index in [1.54, 1.807) is 25.2 Å².